The smallest absolute Gasteiger partial charge is 0.407 e. The number of hydrogen-bond donors (Lipinski definition) is 2. The molecule has 6 rings (SSSR count). The van der Waals surface area contributed by atoms with Gasteiger partial charge in [-0.1, -0.05) is 57.5 Å². The van der Waals surface area contributed by atoms with Crippen LogP contribution in [0.3, 0.4) is 0 Å². The van der Waals surface area contributed by atoms with Gasteiger partial charge in [0.2, 0.25) is 0 Å². The molecule has 2 aliphatic carbocycles. The molecule has 290 valence electrons. The Morgan fingerprint density at radius 2 is 1.93 bits per heavy atom. The van der Waals surface area contributed by atoms with E-state index in [4.69, 9.17) is 27.1 Å². The van der Waals surface area contributed by atoms with Crippen molar-refractivity contribution in [1.82, 2.24) is 33.3 Å². The van der Waals surface area contributed by atoms with Crippen LogP contribution in [0.15, 0.2) is 65.8 Å². The van der Waals surface area contributed by atoms with Gasteiger partial charge in [-0.3, -0.25) is 9.69 Å². The largest absolute Gasteiger partial charge is 0.447 e. The molecule has 2 aromatic heterocycles. The number of hydrogen-bond acceptors (Lipinski definition) is 9. The van der Waals surface area contributed by atoms with Gasteiger partial charge in [-0.15, -0.1) is 0 Å². The molecule has 3 aliphatic rings. The van der Waals surface area contributed by atoms with Crippen LogP contribution in [0.1, 0.15) is 77.1 Å². The Morgan fingerprint density at radius 3 is 2.54 bits per heavy atom. The Hall–Kier alpha value is -4.61. The first-order valence-corrected chi connectivity index (χ1v) is 19.2. The third kappa shape index (κ3) is 7.79. The first-order chi connectivity index (χ1) is 25.3. The van der Waals surface area contributed by atoms with Gasteiger partial charge in [-0.05, 0) is 65.9 Å². The number of alkyl carbamates (subject to hydrolysis) is 1. The summed E-state index contributed by atoms with van der Waals surface area (Å²) in [5.41, 5.74) is 7.98. The van der Waals surface area contributed by atoms with Crippen LogP contribution in [0, 0.1) is 11.3 Å². The number of nitrogens with two attached hydrogens (primary N) is 1. The maximum absolute atomic E-state index is 15.1. The second-order valence-corrected chi connectivity index (χ2v) is 17.8. The molecule has 3 N–H and O–H groups in total. The third-order valence-electron chi connectivity index (χ3n) is 9.60. The van der Waals surface area contributed by atoms with E-state index >= 15 is 4.79 Å². The molecular formula is C36H44ClF2N9O5S. The average Bonchev–Trinajstić information content (AvgIpc) is 3.45. The van der Waals surface area contributed by atoms with Gasteiger partial charge in [0.05, 0.1) is 23.0 Å². The number of nitrogens with zero attached hydrogens (tertiary/aromatic N) is 7. The standard InChI is InChI=1S/C36H44ClF2N9O5S/c1-21-13-22(24-15-42-47(16-24)32(38)39)7-11-27(21)36(19-35(2,3)4)31(49)48(33(40)44-36)30(18-53-34(50)43-25-9-10-25)23-8-12-28(37)26(14-23)29-17-46(20-41-29)54(51,52)45(5)6/h7-8,11-12,14-17,20-21,25,30,32H,9-10,13,18-19H2,1-6H3,(H2,40,44)(H,43,50)/t21?,30-,36-/m1/s1. The van der Waals surface area contributed by atoms with Crippen LogP contribution in [0.2, 0.25) is 5.02 Å². The zero-order chi connectivity index (χ0) is 39.3. The summed E-state index contributed by atoms with van der Waals surface area (Å²) < 4.78 is 60.5. The highest BCUT2D eigenvalue weighted by molar-refractivity contribution is 7.87. The van der Waals surface area contributed by atoms with Crippen LogP contribution in [0.25, 0.3) is 16.8 Å². The first-order valence-electron chi connectivity index (χ1n) is 17.4. The second-order valence-electron chi connectivity index (χ2n) is 15.3. The molecule has 3 heterocycles. The summed E-state index contributed by atoms with van der Waals surface area (Å²) in [7, 11) is -1.07. The van der Waals surface area contributed by atoms with Gasteiger partial charge < -0.3 is 15.8 Å². The number of carbonyl (C=O) groups is 2. The van der Waals surface area contributed by atoms with Gasteiger partial charge >= 0.3 is 22.9 Å². The number of guanidine groups is 1. The van der Waals surface area contributed by atoms with Gasteiger partial charge in [0.15, 0.2) is 11.5 Å². The molecule has 14 nitrogen and oxygen atoms in total. The lowest BCUT2D eigenvalue weighted by atomic mass is 9.69. The number of halogens is 3. The van der Waals surface area contributed by atoms with Gasteiger partial charge in [0.25, 0.3) is 5.91 Å². The van der Waals surface area contributed by atoms with Gasteiger partial charge in [0, 0.05) is 43.7 Å². The lowest BCUT2D eigenvalue weighted by Gasteiger charge is -2.39. The zero-order valence-electron chi connectivity index (χ0n) is 30.8. The topological polar surface area (TPSA) is 170 Å². The minimum absolute atomic E-state index is 0.0218. The number of aromatic nitrogens is 4. The lowest BCUT2D eigenvalue weighted by molar-refractivity contribution is -0.133. The number of aliphatic imine (C=N–C) groups is 1. The minimum Gasteiger partial charge on any atom is -0.447 e. The summed E-state index contributed by atoms with van der Waals surface area (Å²) in [5.74, 6) is -0.763. The summed E-state index contributed by atoms with van der Waals surface area (Å²) in [4.78, 5) is 38.6. The van der Waals surface area contributed by atoms with E-state index in [1.54, 1.807) is 24.3 Å². The molecular weight excluding hydrogens is 744 g/mol. The van der Waals surface area contributed by atoms with E-state index in [0.717, 1.165) is 33.0 Å². The number of imidazole rings is 1. The molecule has 0 bridgehead atoms. The van der Waals surface area contributed by atoms with E-state index in [9.17, 15) is 22.0 Å². The number of carbonyl (C=O) groups excluding carboxylic acids is 2. The molecule has 0 spiro atoms. The minimum atomic E-state index is -3.87. The Morgan fingerprint density at radius 1 is 1.20 bits per heavy atom. The van der Waals surface area contributed by atoms with Crippen LogP contribution in [0.4, 0.5) is 13.6 Å². The molecule has 18 heteroatoms. The van der Waals surface area contributed by atoms with E-state index in [-0.39, 0.29) is 41.7 Å². The number of benzene rings is 1. The predicted octanol–water partition coefficient (Wildman–Crippen LogP) is 5.76. The van der Waals surface area contributed by atoms with Gasteiger partial charge in [-0.2, -0.15) is 26.6 Å². The van der Waals surface area contributed by atoms with Crippen molar-refractivity contribution in [3.8, 4) is 11.3 Å². The summed E-state index contributed by atoms with van der Waals surface area (Å²) in [5, 5.41) is 6.83. The first kappa shape index (κ1) is 39.1. The van der Waals surface area contributed by atoms with Crippen molar-refractivity contribution in [2.24, 2.45) is 22.1 Å². The van der Waals surface area contributed by atoms with E-state index in [1.165, 1.54) is 37.6 Å². The number of allylic oxidation sites excluding steroid dienone is 3. The van der Waals surface area contributed by atoms with Crippen LogP contribution < -0.4 is 11.1 Å². The molecule has 54 heavy (non-hydrogen) atoms. The van der Waals surface area contributed by atoms with Crippen molar-refractivity contribution >= 4 is 45.3 Å². The fraction of sp³-hybridized carbons (Fsp3) is 0.472. The van der Waals surface area contributed by atoms with Crippen molar-refractivity contribution in [3.63, 3.8) is 0 Å². The van der Waals surface area contributed by atoms with Crippen LogP contribution in [-0.2, 0) is 19.7 Å². The number of alkyl halides is 2. The molecule has 1 aliphatic heterocycles. The molecule has 2 amide bonds. The second kappa shape index (κ2) is 14.6. The van der Waals surface area contributed by atoms with Crippen molar-refractivity contribution < 1.29 is 31.5 Å². The third-order valence-corrected chi connectivity index (χ3v) is 11.6. The Labute approximate surface area is 317 Å². The lowest BCUT2D eigenvalue weighted by Crippen LogP contribution is -2.50. The summed E-state index contributed by atoms with van der Waals surface area (Å²) in [6.07, 6.45) is 10.5. The fourth-order valence-electron chi connectivity index (χ4n) is 6.92. The van der Waals surface area contributed by atoms with Crippen molar-refractivity contribution in [2.75, 3.05) is 20.7 Å². The Bertz CT molecular complexity index is 2150. The predicted molar refractivity (Wildman–Crippen MR) is 200 cm³/mol. The normalized spacial score (nSPS) is 21.3. The SMILES string of the molecule is CC1CC(c2cnn(C(F)F)c2)=CC=C1[C@@]1(CC(C)(C)C)N=C(N)N([C@H](COC(=O)NC2CC2)c2ccc(Cl)c(-c3cn(S(=O)(=O)N(C)C)cn3)c2)C1=O. The van der Waals surface area contributed by atoms with E-state index in [2.05, 4.69) is 15.4 Å². The maximum Gasteiger partial charge on any atom is 0.407 e. The quantitative estimate of drug-likeness (QED) is 0.234. The summed E-state index contributed by atoms with van der Waals surface area (Å²) in [6, 6.07) is 3.96. The molecule has 0 saturated heterocycles. The summed E-state index contributed by atoms with van der Waals surface area (Å²) >= 11 is 6.65. The average molecular weight is 788 g/mol. The van der Waals surface area contributed by atoms with Crippen molar-refractivity contribution in [1.29, 1.82) is 0 Å². The molecule has 3 atom stereocenters. The molecule has 0 radical (unpaired) electrons. The molecule has 1 fully saturated rings. The van der Waals surface area contributed by atoms with E-state index in [1.807, 2.05) is 33.8 Å². The monoisotopic (exact) mass is 787 g/mol. The Balaban J connectivity index is 1.41. The number of amides is 2. The highest BCUT2D eigenvalue weighted by Crippen LogP contribution is 2.48. The van der Waals surface area contributed by atoms with E-state index in [0.29, 0.717) is 33.4 Å². The van der Waals surface area contributed by atoms with Gasteiger partial charge in [-0.25, -0.2) is 23.4 Å². The van der Waals surface area contributed by atoms with Crippen LogP contribution >= 0.6 is 11.6 Å². The number of ether oxygens (including phenoxy) is 1. The van der Waals surface area contributed by atoms with Gasteiger partial charge in [0.1, 0.15) is 12.9 Å². The van der Waals surface area contributed by atoms with Crippen molar-refractivity contribution in [2.45, 2.75) is 77.6 Å². The highest BCUT2D eigenvalue weighted by atomic mass is 35.5. The highest BCUT2D eigenvalue weighted by Gasteiger charge is 2.55. The van der Waals surface area contributed by atoms with E-state index < -0.39 is 45.8 Å². The maximum atomic E-state index is 15.1. The molecule has 1 unspecified atom stereocenters. The number of rotatable bonds is 12. The Kier molecular flexibility index (Phi) is 10.5. The fourth-order valence-corrected chi connectivity index (χ4v) is 7.91. The van der Waals surface area contributed by atoms with Crippen LogP contribution in [-0.4, -0.2) is 86.6 Å². The molecule has 3 aromatic rings. The van der Waals surface area contributed by atoms with Crippen LogP contribution in [0.5, 0.6) is 0 Å². The van der Waals surface area contributed by atoms with Crippen molar-refractivity contribution in [3.05, 3.63) is 77.0 Å². The summed E-state index contributed by atoms with van der Waals surface area (Å²) in [6.45, 7) is 4.86. The molecule has 1 saturated carbocycles. The number of nitrogens with one attached hydrogen (secondary N) is 1. The molecule has 1 aromatic carbocycles. The zero-order valence-corrected chi connectivity index (χ0v) is 32.4.